The summed E-state index contributed by atoms with van der Waals surface area (Å²) in [5.74, 6) is 0. The van der Waals surface area contributed by atoms with E-state index in [1.165, 1.54) is 62.4 Å². The van der Waals surface area contributed by atoms with E-state index in [-0.39, 0.29) is 0 Å². The number of hydrogen-bond acceptors (Lipinski definition) is 10. The van der Waals surface area contributed by atoms with E-state index in [2.05, 4.69) is 80.0 Å². The van der Waals surface area contributed by atoms with E-state index in [0.717, 1.165) is 24.1 Å². The van der Waals surface area contributed by atoms with Gasteiger partial charge in [0.05, 0.1) is 12.4 Å². The quantitative estimate of drug-likeness (QED) is 0.119. The lowest BCUT2D eigenvalue weighted by Crippen LogP contribution is -2.68. The molecule has 0 saturated carbocycles. The van der Waals surface area contributed by atoms with Gasteiger partial charge in [-0.15, -0.1) is 20.5 Å². The Bertz CT molecular complexity index is 1170. The van der Waals surface area contributed by atoms with Crippen LogP contribution in [0.2, 0.25) is 0 Å². The van der Waals surface area contributed by atoms with Crippen LogP contribution < -0.4 is 46.4 Å². The number of aryl methyl sites for hydroxylation is 2. The highest BCUT2D eigenvalue weighted by Gasteiger charge is 2.09. The molecule has 12 nitrogen and oxygen atoms in total. The van der Waals surface area contributed by atoms with Crippen molar-refractivity contribution < 1.29 is 66.9 Å². The third kappa shape index (κ3) is 15.2. The molecule has 0 aliphatic rings. The number of fused-ring (bicyclic) bond motifs is 2. The molecular weight excluding hydrogens is 567 g/mol. The molecule has 0 fully saturated rings. The van der Waals surface area contributed by atoms with Gasteiger partial charge in [-0.05, 0) is 25.0 Å². The van der Waals surface area contributed by atoms with E-state index in [4.69, 9.17) is 37.3 Å². The van der Waals surface area contributed by atoms with Crippen LogP contribution >= 0.6 is 0 Å². The summed E-state index contributed by atoms with van der Waals surface area (Å²) in [6.45, 7) is 2.17. The minimum absolute atomic E-state index is 1.08. The van der Waals surface area contributed by atoms with Crippen LogP contribution in [0, 0.1) is 20.5 Å². The number of hydrogen-bond donors (Lipinski definition) is 0. The van der Waals surface area contributed by atoms with Gasteiger partial charge in [0, 0.05) is 25.0 Å². The van der Waals surface area contributed by atoms with Gasteiger partial charge in [0.1, 0.15) is 24.1 Å². The number of rotatable bonds is 11. The maximum Gasteiger partial charge on any atom is 0.231 e. The first-order valence-electron chi connectivity index (χ1n) is 12.6. The van der Waals surface area contributed by atoms with Gasteiger partial charge in [0.15, 0.2) is 12.4 Å². The predicted octanol–water partition coefficient (Wildman–Crippen LogP) is -4.33. The lowest BCUT2D eigenvalue weighted by Gasteiger charge is -2.17. The van der Waals surface area contributed by atoms with Crippen molar-refractivity contribution in [2.45, 2.75) is 64.5 Å². The van der Waals surface area contributed by atoms with Crippen LogP contribution in [0.25, 0.3) is 22.1 Å². The second kappa shape index (κ2) is 17.3. The maximum atomic E-state index is 8.49. The minimum atomic E-state index is -4.94. The second-order valence-electron chi connectivity index (χ2n) is 8.80. The summed E-state index contributed by atoms with van der Waals surface area (Å²) >= 11 is 0. The van der Waals surface area contributed by atoms with Gasteiger partial charge < -0.3 is 0 Å². The Hall–Kier alpha value is -2.62. The molecule has 0 unspecified atom stereocenters. The standard InChI is InChI=1S/C26H32N4.2ClHO4/c1(3-5-11-19-29-21-17-27-23-13-7-9-15-25(23)29)2-4-6-12-20-30-22-18-28-24-14-8-10-16-26(24)30;2*2-1(3,4)5/h7-10,13-18,21-22H,1-6,11-12,19-20H2;2*(H,2,3,4,5)/q+2;;/p-2. The normalized spacial score (nSPS) is 11.5. The lowest BCUT2D eigenvalue weighted by molar-refractivity contribution is -2.00. The summed E-state index contributed by atoms with van der Waals surface area (Å²) < 4.78 is 72.6. The van der Waals surface area contributed by atoms with E-state index >= 15 is 0 Å². The van der Waals surface area contributed by atoms with E-state index in [0.29, 0.717) is 0 Å². The van der Waals surface area contributed by atoms with Crippen molar-refractivity contribution in [3.8, 4) is 0 Å². The maximum absolute atomic E-state index is 8.49. The van der Waals surface area contributed by atoms with Crippen molar-refractivity contribution in [3.63, 3.8) is 0 Å². The van der Waals surface area contributed by atoms with E-state index < -0.39 is 20.5 Å². The summed E-state index contributed by atoms with van der Waals surface area (Å²) in [4.78, 5) is 8.89. The first-order chi connectivity index (χ1) is 18.9. The first kappa shape index (κ1) is 33.6. The number of aromatic nitrogens is 4. The molecule has 2 aromatic carbocycles. The van der Waals surface area contributed by atoms with Gasteiger partial charge in [-0.2, -0.15) is 9.13 Å². The summed E-state index contributed by atoms with van der Waals surface area (Å²) in [7, 11) is -9.89. The fourth-order valence-corrected chi connectivity index (χ4v) is 4.20. The van der Waals surface area contributed by atoms with Gasteiger partial charge >= 0.3 is 0 Å². The van der Waals surface area contributed by atoms with Crippen molar-refractivity contribution in [1.82, 2.24) is 9.97 Å². The third-order valence-corrected chi connectivity index (χ3v) is 5.85. The molecule has 4 aromatic rings. The van der Waals surface area contributed by atoms with Crippen LogP contribution in [0.5, 0.6) is 0 Å². The lowest BCUT2D eigenvalue weighted by atomic mass is 10.1. The summed E-state index contributed by atoms with van der Waals surface area (Å²) in [5, 5.41) is 0. The van der Waals surface area contributed by atoms with Gasteiger partial charge in [0.25, 0.3) is 0 Å². The molecule has 0 aliphatic heterocycles. The average Bonchev–Trinajstić information content (AvgIpc) is 2.88. The molecule has 0 radical (unpaired) electrons. The van der Waals surface area contributed by atoms with Gasteiger partial charge in [-0.3, -0.25) is 0 Å². The van der Waals surface area contributed by atoms with Crippen LogP contribution in [0.1, 0.15) is 51.4 Å². The number of halogens is 2. The van der Waals surface area contributed by atoms with Gasteiger partial charge in [-0.1, -0.05) is 49.9 Å². The first-order valence-corrected chi connectivity index (χ1v) is 15.1. The number of para-hydroxylation sites is 4. The summed E-state index contributed by atoms with van der Waals surface area (Å²) in [6, 6.07) is 16.8. The molecule has 0 saturated heterocycles. The van der Waals surface area contributed by atoms with Crippen molar-refractivity contribution in [2.75, 3.05) is 0 Å². The smallest absolute Gasteiger partial charge is 0.231 e. The van der Waals surface area contributed by atoms with E-state index in [1.807, 2.05) is 12.4 Å². The zero-order valence-corrected chi connectivity index (χ0v) is 23.3. The molecule has 0 amide bonds. The Labute approximate surface area is 236 Å². The zero-order chi connectivity index (χ0) is 29.4. The highest BCUT2D eigenvalue weighted by molar-refractivity contribution is 5.70. The Kier molecular flexibility index (Phi) is 14.5. The average molecular weight is 599 g/mol. The highest BCUT2D eigenvalue weighted by atomic mass is 35.7. The monoisotopic (exact) mass is 598 g/mol. The molecule has 14 heteroatoms. The molecule has 0 bridgehead atoms. The molecule has 218 valence electrons. The van der Waals surface area contributed by atoms with E-state index in [9.17, 15) is 0 Å². The Balaban J connectivity index is 0.000000482. The Morgan fingerprint density at radius 2 is 0.775 bits per heavy atom. The zero-order valence-electron chi connectivity index (χ0n) is 21.8. The fourth-order valence-electron chi connectivity index (χ4n) is 4.20. The van der Waals surface area contributed by atoms with Crippen LogP contribution in [0.4, 0.5) is 0 Å². The Morgan fingerprint density at radius 3 is 1.12 bits per heavy atom. The number of unbranched alkanes of at least 4 members (excludes halogenated alkanes) is 7. The molecule has 40 heavy (non-hydrogen) atoms. The fraction of sp³-hybridized carbons (Fsp3) is 0.385. The SMILES string of the molecule is [O-][Cl+3]([O-])([O-])[O-].[O-][Cl+3]([O-])([O-])[O-].c1ccc2c(c1)ncc[n+]2CCCCCCCCCC[n+]1ccnc2ccccc21. The summed E-state index contributed by atoms with van der Waals surface area (Å²) in [6.07, 6.45) is 18.5. The highest BCUT2D eigenvalue weighted by Crippen LogP contribution is 2.11. The van der Waals surface area contributed by atoms with Crippen molar-refractivity contribution in [3.05, 3.63) is 73.3 Å². The van der Waals surface area contributed by atoms with Crippen LogP contribution in [0.15, 0.2) is 73.3 Å². The van der Waals surface area contributed by atoms with Crippen molar-refractivity contribution in [1.29, 1.82) is 0 Å². The van der Waals surface area contributed by atoms with E-state index in [1.54, 1.807) is 0 Å². The molecule has 2 heterocycles. The van der Waals surface area contributed by atoms with Gasteiger partial charge in [0.2, 0.25) is 11.0 Å². The number of nitrogens with zero attached hydrogens (tertiary/aromatic N) is 4. The molecule has 0 atom stereocenters. The molecule has 0 aliphatic carbocycles. The third-order valence-electron chi connectivity index (χ3n) is 5.85. The number of benzene rings is 2. The molecule has 0 spiro atoms. The Morgan fingerprint density at radius 1 is 0.475 bits per heavy atom. The second-order valence-corrected chi connectivity index (χ2v) is 10.3. The largest absolute Gasteiger partial charge is 0.244 e. The molecule has 2 aromatic heterocycles. The van der Waals surface area contributed by atoms with Crippen LogP contribution in [-0.4, -0.2) is 9.97 Å². The van der Waals surface area contributed by atoms with Crippen LogP contribution in [0.3, 0.4) is 0 Å². The molecule has 0 N–H and O–H groups in total. The summed E-state index contributed by atoms with van der Waals surface area (Å²) in [5.41, 5.74) is 4.63. The van der Waals surface area contributed by atoms with Crippen LogP contribution in [-0.2, 0) is 13.1 Å². The van der Waals surface area contributed by atoms with Gasteiger partial charge in [-0.25, -0.2) is 47.2 Å². The van der Waals surface area contributed by atoms with Crippen molar-refractivity contribution in [2.24, 2.45) is 0 Å². The van der Waals surface area contributed by atoms with Crippen molar-refractivity contribution >= 4 is 22.1 Å². The topological polar surface area (TPSA) is 218 Å². The minimum Gasteiger partial charge on any atom is -0.244 e. The predicted molar refractivity (Wildman–Crippen MR) is 121 cm³/mol. The molecular formula is C26H32Cl2N4O8. The molecule has 4 rings (SSSR count).